The molecule has 5 aromatic carbocycles. The number of anilines is 1. The Morgan fingerprint density at radius 1 is 0.806 bits per heavy atom. The summed E-state index contributed by atoms with van der Waals surface area (Å²) in [7, 11) is -0.682. The molecule has 1 aliphatic rings. The van der Waals surface area contributed by atoms with E-state index in [0.29, 0.717) is 24.5 Å². The lowest BCUT2D eigenvalue weighted by Crippen LogP contribution is -2.56. The van der Waals surface area contributed by atoms with Crippen molar-refractivity contribution >= 4 is 50.0 Å². The van der Waals surface area contributed by atoms with Gasteiger partial charge in [-0.25, -0.2) is 9.65 Å². The molecule has 4 atom stereocenters. The van der Waals surface area contributed by atoms with Crippen LogP contribution in [-0.4, -0.2) is 89.9 Å². The topological polar surface area (TPSA) is 151 Å². The van der Waals surface area contributed by atoms with Crippen molar-refractivity contribution in [3.8, 4) is 11.5 Å². The maximum Gasteiger partial charge on any atom is 0.280 e. The number of benzene rings is 5. The summed E-state index contributed by atoms with van der Waals surface area (Å²) in [5.41, 5.74) is 1.36. The van der Waals surface area contributed by atoms with Crippen LogP contribution in [0, 0.1) is 5.92 Å². The number of carbonyl (C=O) groups is 1. The van der Waals surface area contributed by atoms with Gasteiger partial charge < -0.3 is 28.0 Å². The van der Waals surface area contributed by atoms with Crippen LogP contribution >= 0.6 is 8.53 Å². The molecule has 1 aliphatic heterocycles. The van der Waals surface area contributed by atoms with Gasteiger partial charge in [-0.15, -0.1) is 0 Å². The lowest BCUT2D eigenvalue weighted by molar-refractivity contribution is -0.118. The van der Waals surface area contributed by atoms with Crippen molar-refractivity contribution in [2.75, 3.05) is 32.8 Å². The largest absolute Gasteiger partial charge is 0.497 e. The molecule has 0 radical (unpaired) electrons. The fourth-order valence-corrected chi connectivity index (χ4v) is 14.7. The number of fused-ring (bicyclic) bond motifs is 1. The third-order valence-electron chi connectivity index (χ3n) is 13.4. The van der Waals surface area contributed by atoms with Gasteiger partial charge in [0, 0.05) is 24.4 Å². The molecule has 7 aromatic rings. The molecule has 378 valence electrons. The summed E-state index contributed by atoms with van der Waals surface area (Å²) >= 11 is 0. The Hall–Kier alpha value is -6.03. The number of methoxy groups -OCH3 is 2. The fraction of sp³-hybridized carbons (Fsp3) is 0.357. The van der Waals surface area contributed by atoms with Gasteiger partial charge in [0.1, 0.15) is 37.5 Å². The molecular formula is C56H67N6O8PSi. The molecule has 1 unspecified atom stereocenters. The van der Waals surface area contributed by atoms with E-state index < -0.39 is 46.2 Å². The molecule has 14 nitrogen and oxygen atoms in total. The van der Waals surface area contributed by atoms with E-state index in [1.54, 1.807) is 39.0 Å². The predicted molar refractivity (Wildman–Crippen MR) is 287 cm³/mol. The predicted octanol–water partition coefficient (Wildman–Crippen LogP) is 9.67. The number of amides is 1. The number of ether oxygens (including phenoxy) is 4. The second kappa shape index (κ2) is 23.2. The van der Waals surface area contributed by atoms with Crippen molar-refractivity contribution in [2.24, 2.45) is 5.92 Å². The number of aromatic nitrogens is 4. The summed E-state index contributed by atoms with van der Waals surface area (Å²) in [6.07, 6.45) is -0.0936. The summed E-state index contributed by atoms with van der Waals surface area (Å²) in [5, 5.41) is 5.41. The van der Waals surface area contributed by atoms with Crippen molar-refractivity contribution in [3.63, 3.8) is 0 Å². The van der Waals surface area contributed by atoms with Gasteiger partial charge in [0.05, 0.1) is 39.9 Å². The molecule has 8 rings (SSSR count). The van der Waals surface area contributed by atoms with E-state index in [1.807, 2.05) is 66.7 Å². The van der Waals surface area contributed by atoms with Crippen LogP contribution in [0.25, 0.3) is 11.2 Å². The maximum absolute atomic E-state index is 13.5. The summed E-state index contributed by atoms with van der Waals surface area (Å²) < 4.78 is 44.4. The number of imidazole rings is 1. The van der Waals surface area contributed by atoms with E-state index in [0.717, 1.165) is 22.7 Å². The zero-order valence-corrected chi connectivity index (χ0v) is 44.5. The molecule has 0 saturated carbocycles. The third kappa shape index (κ3) is 11.3. The van der Waals surface area contributed by atoms with Gasteiger partial charge in [-0.2, -0.15) is 4.98 Å². The zero-order valence-electron chi connectivity index (χ0n) is 42.7. The van der Waals surface area contributed by atoms with E-state index in [2.05, 4.69) is 127 Å². The number of rotatable bonds is 22. The Morgan fingerprint density at radius 2 is 1.33 bits per heavy atom. The fourth-order valence-electron chi connectivity index (χ4n) is 9.51. The molecule has 0 bridgehead atoms. The average Bonchev–Trinajstić information content (AvgIpc) is 4.01. The summed E-state index contributed by atoms with van der Waals surface area (Å²) in [6.45, 7) is 15.1. The van der Waals surface area contributed by atoms with Crippen LogP contribution in [0.2, 0.25) is 12.6 Å². The first-order valence-corrected chi connectivity index (χ1v) is 28.5. The van der Waals surface area contributed by atoms with E-state index >= 15 is 0 Å². The monoisotopic (exact) mass is 1010 g/mol. The van der Waals surface area contributed by atoms with E-state index in [9.17, 15) is 9.59 Å². The Bertz CT molecular complexity index is 2810. The highest BCUT2D eigenvalue weighted by molar-refractivity contribution is 7.44. The van der Waals surface area contributed by atoms with Crippen LogP contribution < -0.4 is 30.7 Å². The highest BCUT2D eigenvalue weighted by Gasteiger charge is 2.46. The summed E-state index contributed by atoms with van der Waals surface area (Å²) in [6, 6.07) is 48.5. The van der Waals surface area contributed by atoms with E-state index in [4.69, 9.17) is 33.0 Å². The second-order valence-corrected chi connectivity index (χ2v) is 24.9. The molecule has 2 aromatic heterocycles. The van der Waals surface area contributed by atoms with Gasteiger partial charge in [-0.3, -0.25) is 24.5 Å². The van der Waals surface area contributed by atoms with E-state index in [-0.39, 0.29) is 47.6 Å². The first kappa shape index (κ1) is 52.3. The van der Waals surface area contributed by atoms with E-state index in [1.165, 1.54) is 10.4 Å². The normalized spacial score (nSPS) is 16.8. The number of nitrogens with one attached hydrogen (secondary N) is 2. The average molecular weight is 1010 g/mol. The summed E-state index contributed by atoms with van der Waals surface area (Å²) in [4.78, 5) is 38.1. The van der Waals surface area contributed by atoms with Crippen molar-refractivity contribution in [3.05, 3.63) is 173 Å². The Labute approximate surface area is 425 Å². The van der Waals surface area contributed by atoms with Crippen molar-refractivity contribution in [2.45, 2.75) is 96.7 Å². The second-order valence-electron chi connectivity index (χ2n) is 19.2. The van der Waals surface area contributed by atoms with Crippen LogP contribution in [-0.2, 0) is 28.9 Å². The Kier molecular flexibility index (Phi) is 16.9. The molecule has 1 amide bonds. The molecule has 1 saturated heterocycles. The highest BCUT2D eigenvalue weighted by atomic mass is 31.2. The third-order valence-corrected chi connectivity index (χ3v) is 20.0. The van der Waals surface area contributed by atoms with Crippen LogP contribution in [0.3, 0.4) is 0 Å². The highest BCUT2D eigenvalue weighted by Crippen LogP contribution is 2.51. The quantitative estimate of drug-likeness (QED) is 0.0380. The molecule has 3 heterocycles. The zero-order chi connectivity index (χ0) is 51.0. The lowest BCUT2D eigenvalue weighted by atomic mass is 9.80. The Balaban J connectivity index is 1.20. The van der Waals surface area contributed by atoms with Crippen molar-refractivity contribution in [1.29, 1.82) is 0 Å². The molecule has 0 aliphatic carbocycles. The van der Waals surface area contributed by atoms with Crippen LogP contribution in [0.4, 0.5) is 5.95 Å². The molecular weight excluding hydrogens is 944 g/mol. The molecule has 16 heteroatoms. The van der Waals surface area contributed by atoms with Gasteiger partial charge in [-0.05, 0) is 74.7 Å². The van der Waals surface area contributed by atoms with Gasteiger partial charge in [0.2, 0.25) is 11.9 Å². The van der Waals surface area contributed by atoms with Gasteiger partial charge >= 0.3 is 0 Å². The van der Waals surface area contributed by atoms with Gasteiger partial charge in [0.25, 0.3) is 14.1 Å². The van der Waals surface area contributed by atoms with Gasteiger partial charge in [-0.1, -0.05) is 146 Å². The minimum atomic E-state index is -2.28. The minimum Gasteiger partial charge on any atom is -0.497 e. The SMILES string of the molecule is COc1ccc(C(OC[C@H]2O[C@@H](n3cnc4c(=O)[nH]c(NC(=O)C(C)C)nc43)C[C@@H]2OP(OCC[Si](C)(c2ccccc2)c2ccccc2)N(C(C)C)C(C)C)(c2ccccc2)c2ccc(OC)cc2)cc1. The number of carbonyl (C=O) groups excluding carboxylic acids is 1. The number of H-pyrrole nitrogens is 1. The standard InChI is InChI=1S/C56H67N6O8PSi/c1-38(2)53(63)59-55-58-52-51(54(64)60-55)57-37-61(52)50-35-48(70-71(62(39(3)4)40(5)6)68-33-34-72(9,46-21-15-11-16-22-46)47-23-17-12-18-24-47)49(69-50)36-67-56(41-19-13-10-14-20-41,42-25-29-44(65-7)30-26-42)43-27-31-45(66-8)32-28-43/h10-32,37-40,48-50H,33-36H2,1-9H3,(H2,58,59,60,63,64)/t48-,49+,50+,71?/m0/s1. The number of hydrogen-bond acceptors (Lipinski definition) is 11. The maximum atomic E-state index is 13.5. The van der Waals surface area contributed by atoms with Gasteiger partial charge in [0.15, 0.2) is 11.2 Å². The van der Waals surface area contributed by atoms with Crippen LogP contribution in [0.15, 0.2) is 151 Å². The number of hydrogen-bond donors (Lipinski definition) is 2. The Morgan fingerprint density at radius 3 is 1.85 bits per heavy atom. The lowest BCUT2D eigenvalue weighted by Gasteiger charge is -2.39. The minimum absolute atomic E-state index is 0.0215. The first-order chi connectivity index (χ1) is 34.7. The molecule has 2 N–H and O–H groups in total. The number of nitrogens with zero attached hydrogens (tertiary/aromatic N) is 4. The molecule has 1 fully saturated rings. The first-order valence-electron chi connectivity index (χ1n) is 24.7. The smallest absolute Gasteiger partial charge is 0.280 e. The van der Waals surface area contributed by atoms with Crippen molar-refractivity contribution < 1.29 is 32.8 Å². The van der Waals surface area contributed by atoms with Crippen molar-refractivity contribution in [1.82, 2.24) is 24.2 Å². The van der Waals surface area contributed by atoms with Crippen LogP contribution in [0.5, 0.6) is 11.5 Å². The molecule has 72 heavy (non-hydrogen) atoms. The summed E-state index contributed by atoms with van der Waals surface area (Å²) in [5.74, 6) is 0.815. The van der Waals surface area contributed by atoms with Crippen LogP contribution in [0.1, 0.15) is 70.9 Å². The number of aromatic amines is 1. The molecule has 0 spiro atoms.